The summed E-state index contributed by atoms with van der Waals surface area (Å²) in [5, 5.41) is 44.7. The first kappa shape index (κ1) is 21.2. The first-order valence-corrected chi connectivity index (χ1v) is 12.2. The number of aliphatic hydroxyl groups is 4. The molecule has 6 atom stereocenters. The summed E-state index contributed by atoms with van der Waals surface area (Å²) < 4.78 is 17.7. The highest BCUT2D eigenvalue weighted by Gasteiger charge is 2.51. The standard InChI is InChI=1S/C18H33N2O7P/c21-7-13-15(22)16(23)14(17(24)27-13)19-9-28(25,26)20-8-18-4-10-1-11(5-18)3-12(2-10)6-18/h10-17,19,21-24H,1-9H2,(H2,20,25,26)/t10?,11?,12?,13-,14?,15+,16-,17?,18?/m1/s1. The Morgan fingerprint density at radius 3 is 2.11 bits per heavy atom. The molecule has 0 spiro atoms. The van der Waals surface area contributed by atoms with Crippen molar-refractivity contribution in [3.8, 4) is 0 Å². The molecule has 4 bridgehead atoms. The van der Waals surface area contributed by atoms with E-state index in [1.54, 1.807) is 0 Å². The summed E-state index contributed by atoms with van der Waals surface area (Å²) in [4.78, 5) is 10.4. The van der Waals surface area contributed by atoms with Crippen molar-refractivity contribution >= 4 is 7.52 Å². The second-order valence-electron chi connectivity index (χ2n) is 9.57. The Bertz CT molecular complexity index is 585. The Morgan fingerprint density at radius 1 is 1.00 bits per heavy atom. The van der Waals surface area contributed by atoms with E-state index in [-0.39, 0.29) is 11.7 Å². The highest BCUT2D eigenvalue weighted by Crippen LogP contribution is 2.60. The molecule has 1 saturated heterocycles. The van der Waals surface area contributed by atoms with Crippen LogP contribution in [0.15, 0.2) is 0 Å². The van der Waals surface area contributed by atoms with Crippen LogP contribution in [-0.4, -0.2) is 75.4 Å². The molecule has 5 aliphatic rings. The molecule has 9 nitrogen and oxygen atoms in total. The van der Waals surface area contributed by atoms with Gasteiger partial charge in [-0.3, -0.25) is 9.88 Å². The van der Waals surface area contributed by atoms with Crippen LogP contribution in [0.4, 0.5) is 0 Å². The molecule has 5 fully saturated rings. The van der Waals surface area contributed by atoms with Gasteiger partial charge in [0.1, 0.15) is 18.3 Å². The molecule has 7 N–H and O–H groups in total. The minimum Gasteiger partial charge on any atom is -0.394 e. The zero-order chi connectivity index (χ0) is 20.1. The highest BCUT2D eigenvalue weighted by molar-refractivity contribution is 7.55. The lowest BCUT2D eigenvalue weighted by Gasteiger charge is -2.57. The average Bonchev–Trinajstić information content (AvgIpc) is 2.62. The van der Waals surface area contributed by atoms with Gasteiger partial charge in [-0.05, 0) is 61.7 Å². The van der Waals surface area contributed by atoms with Gasteiger partial charge in [0.25, 0.3) is 7.52 Å². The number of hydrogen-bond donors (Lipinski definition) is 7. The van der Waals surface area contributed by atoms with Crippen LogP contribution in [0.25, 0.3) is 0 Å². The number of aliphatic hydroxyl groups excluding tert-OH is 4. The van der Waals surface area contributed by atoms with Crippen LogP contribution >= 0.6 is 7.52 Å². The van der Waals surface area contributed by atoms with E-state index in [0.717, 1.165) is 37.0 Å². The van der Waals surface area contributed by atoms with Crippen molar-refractivity contribution in [1.82, 2.24) is 10.4 Å². The fourth-order valence-electron chi connectivity index (χ4n) is 6.40. The van der Waals surface area contributed by atoms with Crippen molar-refractivity contribution < 1.29 is 34.6 Å². The number of hydrogen-bond acceptors (Lipinski definition) is 7. The van der Waals surface area contributed by atoms with Gasteiger partial charge in [0.15, 0.2) is 6.29 Å². The molecule has 5 rings (SSSR count). The molecule has 10 heteroatoms. The van der Waals surface area contributed by atoms with E-state index in [2.05, 4.69) is 10.4 Å². The van der Waals surface area contributed by atoms with Crippen molar-refractivity contribution in [2.24, 2.45) is 23.2 Å². The summed E-state index contributed by atoms with van der Waals surface area (Å²) in [5.41, 5.74) is 0.116. The number of nitrogens with one attached hydrogen (secondary N) is 2. The van der Waals surface area contributed by atoms with E-state index >= 15 is 0 Å². The molecule has 0 aromatic rings. The van der Waals surface area contributed by atoms with Gasteiger partial charge < -0.3 is 30.1 Å². The maximum Gasteiger partial charge on any atom is 0.280 e. The molecule has 0 amide bonds. The van der Waals surface area contributed by atoms with Gasteiger partial charge in [-0.1, -0.05) is 0 Å². The molecule has 0 aromatic carbocycles. The van der Waals surface area contributed by atoms with Crippen molar-refractivity contribution in [2.45, 2.75) is 69.2 Å². The molecule has 162 valence electrons. The second-order valence-corrected chi connectivity index (χ2v) is 11.6. The summed E-state index contributed by atoms with van der Waals surface area (Å²) in [5.74, 6) is 2.28. The van der Waals surface area contributed by atoms with E-state index in [1.807, 2.05) is 0 Å². The third kappa shape index (κ3) is 4.19. The lowest BCUT2D eigenvalue weighted by atomic mass is 9.50. The third-order valence-corrected chi connectivity index (χ3v) is 8.57. The predicted molar refractivity (Wildman–Crippen MR) is 100 cm³/mol. The Balaban J connectivity index is 1.31. The number of rotatable bonds is 7. The molecule has 0 radical (unpaired) electrons. The minimum absolute atomic E-state index is 0.116. The molecule has 28 heavy (non-hydrogen) atoms. The van der Waals surface area contributed by atoms with Crippen LogP contribution in [0, 0.1) is 23.2 Å². The summed E-state index contributed by atoms with van der Waals surface area (Å²) >= 11 is 0. The van der Waals surface area contributed by atoms with Crippen molar-refractivity contribution in [1.29, 1.82) is 0 Å². The first-order valence-electron chi connectivity index (χ1n) is 10.3. The van der Waals surface area contributed by atoms with Gasteiger partial charge in [0, 0.05) is 6.54 Å². The van der Waals surface area contributed by atoms with Crippen LogP contribution in [0.2, 0.25) is 0 Å². The summed E-state index contributed by atoms with van der Waals surface area (Å²) in [6.07, 6.45) is 1.53. The lowest BCUT2D eigenvalue weighted by Crippen LogP contribution is -2.63. The lowest BCUT2D eigenvalue weighted by molar-refractivity contribution is -0.253. The largest absolute Gasteiger partial charge is 0.394 e. The van der Waals surface area contributed by atoms with E-state index in [9.17, 15) is 24.8 Å². The van der Waals surface area contributed by atoms with E-state index in [4.69, 9.17) is 9.84 Å². The molecule has 4 saturated carbocycles. The molecular weight excluding hydrogens is 387 g/mol. The Kier molecular flexibility index (Phi) is 5.95. The van der Waals surface area contributed by atoms with Gasteiger partial charge in [0.2, 0.25) is 0 Å². The number of ether oxygens (including phenoxy) is 1. The van der Waals surface area contributed by atoms with Crippen molar-refractivity contribution in [3.05, 3.63) is 0 Å². The first-order chi connectivity index (χ1) is 13.2. The average molecular weight is 420 g/mol. The molecule has 0 aromatic heterocycles. The third-order valence-electron chi connectivity index (χ3n) is 7.31. The summed E-state index contributed by atoms with van der Waals surface area (Å²) in [6.45, 7) is -0.0411. The summed E-state index contributed by atoms with van der Waals surface area (Å²) in [7, 11) is -3.75. The Hall–Kier alpha value is -0.0900. The van der Waals surface area contributed by atoms with E-state index < -0.39 is 44.8 Å². The van der Waals surface area contributed by atoms with E-state index in [1.165, 1.54) is 19.3 Å². The SMILES string of the molecule is O=P(O)(CNC1C(O)O[C@H](CO)[C@H](O)[C@@H]1O)NCC12CC3CC(CC(C3)C1)C2. The quantitative estimate of drug-likeness (QED) is 0.266. The van der Waals surface area contributed by atoms with Crippen LogP contribution in [0.5, 0.6) is 0 Å². The highest BCUT2D eigenvalue weighted by atomic mass is 31.2. The van der Waals surface area contributed by atoms with E-state index in [0.29, 0.717) is 6.54 Å². The summed E-state index contributed by atoms with van der Waals surface area (Å²) in [6, 6.07) is -1.13. The molecule has 3 unspecified atom stereocenters. The van der Waals surface area contributed by atoms with Crippen LogP contribution in [-0.2, 0) is 9.30 Å². The minimum atomic E-state index is -3.75. The van der Waals surface area contributed by atoms with Gasteiger partial charge >= 0.3 is 0 Å². The van der Waals surface area contributed by atoms with Crippen LogP contribution in [0.3, 0.4) is 0 Å². The second kappa shape index (κ2) is 7.87. The van der Waals surface area contributed by atoms with Crippen molar-refractivity contribution in [2.75, 3.05) is 19.4 Å². The Morgan fingerprint density at radius 2 is 1.57 bits per heavy atom. The fourth-order valence-corrected chi connectivity index (χ4v) is 7.55. The molecule has 1 heterocycles. The van der Waals surface area contributed by atoms with Crippen LogP contribution in [0.1, 0.15) is 38.5 Å². The smallest absolute Gasteiger partial charge is 0.280 e. The Labute approximate surface area is 165 Å². The molecular formula is C18H33N2O7P. The van der Waals surface area contributed by atoms with Crippen LogP contribution < -0.4 is 10.4 Å². The monoisotopic (exact) mass is 420 g/mol. The normalized spacial score (nSPS) is 49.9. The van der Waals surface area contributed by atoms with Gasteiger partial charge in [-0.2, -0.15) is 0 Å². The maximum absolute atomic E-state index is 12.6. The zero-order valence-corrected chi connectivity index (χ0v) is 16.9. The molecule has 1 aliphatic heterocycles. The van der Waals surface area contributed by atoms with Crippen molar-refractivity contribution in [3.63, 3.8) is 0 Å². The molecule has 4 aliphatic carbocycles. The van der Waals surface area contributed by atoms with Gasteiger partial charge in [-0.25, -0.2) is 5.09 Å². The maximum atomic E-state index is 12.6. The van der Waals surface area contributed by atoms with Gasteiger partial charge in [-0.15, -0.1) is 0 Å². The van der Waals surface area contributed by atoms with Gasteiger partial charge in [0.05, 0.1) is 18.9 Å². The predicted octanol–water partition coefficient (Wildman–Crippen LogP) is -0.675. The fraction of sp³-hybridized carbons (Fsp3) is 1.00. The zero-order valence-electron chi connectivity index (χ0n) is 16.0. The topological polar surface area (TPSA) is 152 Å².